The molecule has 0 atom stereocenters. The summed E-state index contributed by atoms with van der Waals surface area (Å²) in [6.07, 6.45) is 8.50. The Bertz CT molecular complexity index is 1650. The number of carbonyl (C=O) groups is 1. The van der Waals surface area contributed by atoms with E-state index in [1.165, 1.54) is 12.4 Å². The largest absolute Gasteiger partial charge is 0.457 e. The van der Waals surface area contributed by atoms with E-state index in [-0.39, 0.29) is 11.9 Å². The molecule has 4 heterocycles. The van der Waals surface area contributed by atoms with Crippen molar-refractivity contribution in [1.82, 2.24) is 29.2 Å². The molecule has 0 saturated carbocycles. The van der Waals surface area contributed by atoms with Gasteiger partial charge in [-0.25, -0.2) is 9.97 Å². The predicted octanol–water partition coefficient (Wildman–Crippen LogP) is 5.22. The third-order valence-electron chi connectivity index (χ3n) is 7.32. The fourth-order valence-corrected chi connectivity index (χ4v) is 5.35. The molecule has 5 aromatic rings. The maximum atomic E-state index is 12.0. The van der Waals surface area contributed by atoms with E-state index in [9.17, 15) is 4.79 Å². The second-order valence-corrected chi connectivity index (χ2v) is 9.65. The number of hydrogen-bond acceptors (Lipinski definition) is 6. The number of anilines is 1. The van der Waals surface area contributed by atoms with Crippen molar-refractivity contribution in [2.24, 2.45) is 7.05 Å². The number of fused-ring (bicyclic) bond motifs is 1. The third-order valence-corrected chi connectivity index (χ3v) is 7.32. The first-order valence-corrected chi connectivity index (χ1v) is 12.9. The summed E-state index contributed by atoms with van der Waals surface area (Å²) in [6, 6.07) is 17.9. The summed E-state index contributed by atoms with van der Waals surface area (Å²) >= 11 is 0. The molecule has 39 heavy (non-hydrogen) atoms. The molecule has 0 unspecified atom stereocenters. The number of carbonyl (C=O) groups excluding carboxylic acids is 1. The summed E-state index contributed by atoms with van der Waals surface area (Å²) in [6.45, 7) is 4.98. The molecule has 9 nitrogen and oxygen atoms in total. The molecule has 196 valence electrons. The van der Waals surface area contributed by atoms with Crippen molar-refractivity contribution in [2.45, 2.75) is 18.9 Å². The Morgan fingerprint density at radius 1 is 1.03 bits per heavy atom. The maximum Gasteiger partial charge on any atom is 0.245 e. The lowest BCUT2D eigenvalue weighted by molar-refractivity contribution is -0.127. The van der Waals surface area contributed by atoms with E-state index in [1.54, 1.807) is 0 Å². The summed E-state index contributed by atoms with van der Waals surface area (Å²) in [5.41, 5.74) is 11.0. The van der Waals surface area contributed by atoms with Crippen LogP contribution >= 0.6 is 0 Å². The number of para-hydroxylation sites is 1. The van der Waals surface area contributed by atoms with E-state index >= 15 is 0 Å². The van der Waals surface area contributed by atoms with Crippen LogP contribution in [0.2, 0.25) is 0 Å². The fourth-order valence-electron chi connectivity index (χ4n) is 5.35. The summed E-state index contributed by atoms with van der Waals surface area (Å²) in [4.78, 5) is 22.7. The van der Waals surface area contributed by atoms with Crippen molar-refractivity contribution in [2.75, 3.05) is 18.8 Å². The van der Waals surface area contributed by atoms with Crippen molar-refractivity contribution < 1.29 is 9.53 Å². The first-order valence-electron chi connectivity index (χ1n) is 12.9. The average Bonchev–Trinajstić information content (AvgIpc) is 3.57. The molecule has 3 aromatic heterocycles. The average molecular weight is 520 g/mol. The van der Waals surface area contributed by atoms with Gasteiger partial charge in [0.15, 0.2) is 0 Å². The second-order valence-electron chi connectivity index (χ2n) is 9.65. The summed E-state index contributed by atoms with van der Waals surface area (Å²) in [5.74, 6) is 1.92. The van der Waals surface area contributed by atoms with Gasteiger partial charge in [-0.1, -0.05) is 36.9 Å². The van der Waals surface area contributed by atoms with Gasteiger partial charge in [0.05, 0.1) is 23.3 Å². The highest BCUT2D eigenvalue weighted by atomic mass is 16.5. The van der Waals surface area contributed by atoms with Gasteiger partial charge in [0.2, 0.25) is 5.91 Å². The predicted molar refractivity (Wildman–Crippen MR) is 151 cm³/mol. The van der Waals surface area contributed by atoms with Crippen molar-refractivity contribution in [3.05, 3.63) is 86.0 Å². The number of piperidine rings is 1. The second kappa shape index (κ2) is 10.1. The molecule has 9 heteroatoms. The minimum atomic E-state index is -0.0198. The van der Waals surface area contributed by atoms with Gasteiger partial charge >= 0.3 is 0 Å². The van der Waals surface area contributed by atoms with Crippen molar-refractivity contribution in [3.63, 3.8) is 0 Å². The molecule has 0 aliphatic carbocycles. The molecule has 1 amide bonds. The smallest absolute Gasteiger partial charge is 0.245 e. The van der Waals surface area contributed by atoms with Crippen LogP contribution in [0.25, 0.3) is 33.4 Å². The summed E-state index contributed by atoms with van der Waals surface area (Å²) in [7, 11) is 1.98. The van der Waals surface area contributed by atoms with Gasteiger partial charge in [0, 0.05) is 37.5 Å². The van der Waals surface area contributed by atoms with Crippen LogP contribution in [0, 0.1) is 0 Å². The van der Waals surface area contributed by atoms with Gasteiger partial charge in [-0.2, -0.15) is 5.10 Å². The van der Waals surface area contributed by atoms with Crippen LogP contribution in [0.4, 0.5) is 5.82 Å². The van der Waals surface area contributed by atoms with Crippen LogP contribution in [0.3, 0.4) is 0 Å². The lowest BCUT2D eigenvalue weighted by atomic mass is 10.00. The number of nitrogens with zero attached hydrogens (tertiary/aromatic N) is 6. The molecule has 1 saturated heterocycles. The minimum Gasteiger partial charge on any atom is -0.457 e. The summed E-state index contributed by atoms with van der Waals surface area (Å²) in [5, 5.41) is 5.53. The number of rotatable bonds is 6. The normalized spacial score (nSPS) is 14.0. The fraction of sp³-hybridized carbons (Fsp3) is 0.200. The molecule has 2 N–H and O–H groups in total. The lowest BCUT2D eigenvalue weighted by Crippen LogP contribution is -2.38. The van der Waals surface area contributed by atoms with Gasteiger partial charge in [-0.3, -0.25) is 9.48 Å². The molecule has 2 aromatic carbocycles. The van der Waals surface area contributed by atoms with Crippen LogP contribution in [-0.4, -0.2) is 48.2 Å². The zero-order valence-corrected chi connectivity index (χ0v) is 21.7. The molecule has 6 rings (SSSR count). The van der Waals surface area contributed by atoms with E-state index in [1.807, 2.05) is 82.0 Å². The maximum absolute atomic E-state index is 12.0. The Morgan fingerprint density at radius 2 is 1.74 bits per heavy atom. The van der Waals surface area contributed by atoms with E-state index in [0.29, 0.717) is 18.9 Å². The Labute approximate surface area is 226 Å². The quantitative estimate of drug-likeness (QED) is 0.308. The van der Waals surface area contributed by atoms with Crippen LogP contribution in [0.5, 0.6) is 11.5 Å². The van der Waals surface area contributed by atoms with Gasteiger partial charge in [0.1, 0.15) is 29.3 Å². The molecule has 1 aliphatic rings. The Kier molecular flexibility index (Phi) is 6.32. The number of nitrogen functional groups attached to an aromatic ring is 1. The number of ether oxygens (including phenoxy) is 1. The highest BCUT2D eigenvalue weighted by Gasteiger charge is 2.26. The number of amides is 1. The molecule has 0 bridgehead atoms. The Hall–Kier alpha value is -4.92. The zero-order chi connectivity index (χ0) is 26.9. The number of likely N-dealkylation sites (tertiary alicyclic amines) is 1. The number of benzene rings is 2. The monoisotopic (exact) mass is 519 g/mol. The number of aryl methyl sites for hydroxylation is 1. The number of hydrogen-bond donors (Lipinski definition) is 1. The Morgan fingerprint density at radius 3 is 2.46 bits per heavy atom. The molecule has 1 aliphatic heterocycles. The van der Waals surface area contributed by atoms with E-state index in [0.717, 1.165) is 57.8 Å². The minimum absolute atomic E-state index is 0.0198. The van der Waals surface area contributed by atoms with Crippen molar-refractivity contribution >= 4 is 22.8 Å². The van der Waals surface area contributed by atoms with Crippen molar-refractivity contribution in [3.8, 4) is 33.9 Å². The third kappa shape index (κ3) is 4.52. The Balaban J connectivity index is 1.36. The van der Waals surface area contributed by atoms with Gasteiger partial charge in [-0.15, -0.1) is 0 Å². The lowest BCUT2D eigenvalue weighted by Gasteiger charge is -2.31. The van der Waals surface area contributed by atoms with Crippen molar-refractivity contribution in [1.29, 1.82) is 0 Å². The molecular formula is C30H29N7O2. The van der Waals surface area contributed by atoms with Gasteiger partial charge in [-0.05, 0) is 48.7 Å². The summed E-state index contributed by atoms with van der Waals surface area (Å²) < 4.78 is 10.1. The van der Waals surface area contributed by atoms with Gasteiger partial charge in [0.25, 0.3) is 0 Å². The molecule has 0 radical (unpaired) electrons. The molecular weight excluding hydrogens is 490 g/mol. The van der Waals surface area contributed by atoms with Crippen LogP contribution in [0.1, 0.15) is 18.9 Å². The number of nitrogens with two attached hydrogens (primary N) is 1. The topological polar surface area (TPSA) is 104 Å². The van der Waals surface area contributed by atoms with Crippen LogP contribution in [0.15, 0.2) is 86.0 Å². The van der Waals surface area contributed by atoms with E-state index in [4.69, 9.17) is 15.6 Å². The van der Waals surface area contributed by atoms with E-state index < -0.39 is 0 Å². The van der Waals surface area contributed by atoms with Crippen LogP contribution in [-0.2, 0) is 11.8 Å². The SMILES string of the molecule is C=CC(=O)N1CCC(n2cc(-c3c(-c4ccc(Oc5ccccc5)cc4)c4c(N)ncnc4n3C)cn2)CC1. The highest BCUT2D eigenvalue weighted by molar-refractivity contribution is 6.07. The van der Waals surface area contributed by atoms with Crippen LogP contribution < -0.4 is 10.5 Å². The highest BCUT2D eigenvalue weighted by Crippen LogP contribution is 2.42. The standard InChI is InChI=1S/C30H29N7O2/c1-3-25(38)36-15-13-22(14-16-36)37-18-21(17-34-37)28-26(27-29(31)32-19-33-30(27)35(28)2)20-9-11-24(12-10-20)39-23-7-5-4-6-8-23/h3-12,17-19,22H,1,13-16H2,2H3,(H2,31,32,33). The zero-order valence-electron chi connectivity index (χ0n) is 21.7. The van der Waals surface area contributed by atoms with E-state index in [2.05, 4.69) is 22.7 Å². The first kappa shape index (κ1) is 24.4. The van der Waals surface area contributed by atoms with Gasteiger partial charge < -0.3 is 19.9 Å². The molecule has 0 spiro atoms. The first-order chi connectivity index (χ1) is 19.0. The number of aromatic nitrogens is 5. The molecule has 1 fully saturated rings.